The Bertz CT molecular complexity index is 90.6. The molecule has 1 unspecified atom stereocenters. The first-order valence-electron chi connectivity index (χ1n) is 3.62. The van der Waals surface area contributed by atoms with Crippen LogP contribution in [0, 0.1) is 11.8 Å². The highest BCUT2D eigenvalue weighted by Gasteiger charge is 2.44. The van der Waals surface area contributed by atoms with Gasteiger partial charge in [0.25, 0.3) is 0 Å². The van der Waals surface area contributed by atoms with E-state index in [1.54, 1.807) is 0 Å². The van der Waals surface area contributed by atoms with E-state index in [4.69, 9.17) is 0 Å². The highest BCUT2D eigenvalue weighted by atomic mass is 15.2. The van der Waals surface area contributed by atoms with E-state index >= 15 is 0 Å². The van der Waals surface area contributed by atoms with Crippen molar-refractivity contribution >= 4 is 0 Å². The lowest BCUT2D eigenvalue weighted by molar-refractivity contribution is 0.322. The van der Waals surface area contributed by atoms with Crippen molar-refractivity contribution in [1.82, 2.24) is 4.90 Å². The standard InChI is InChI=1S/C7H13N/c1-2-8-4-6-3-7(6)5-8/h6-7H,2-5H2,1H3/t6-,7?/m1/s1. The Labute approximate surface area is 50.7 Å². The second kappa shape index (κ2) is 1.47. The third-order valence-electron chi connectivity index (χ3n) is 2.50. The van der Waals surface area contributed by atoms with Crippen LogP contribution in [-0.4, -0.2) is 24.5 Å². The van der Waals surface area contributed by atoms with Gasteiger partial charge in [-0.3, -0.25) is 0 Å². The Morgan fingerprint density at radius 3 is 2.38 bits per heavy atom. The minimum atomic E-state index is 1.12. The molecule has 1 heterocycles. The van der Waals surface area contributed by atoms with Crippen LogP contribution in [0.5, 0.6) is 0 Å². The van der Waals surface area contributed by atoms with Gasteiger partial charge in [0.15, 0.2) is 0 Å². The monoisotopic (exact) mass is 111 g/mol. The number of fused-ring (bicyclic) bond motifs is 1. The van der Waals surface area contributed by atoms with Gasteiger partial charge >= 0.3 is 0 Å². The van der Waals surface area contributed by atoms with Gasteiger partial charge in [-0.25, -0.2) is 0 Å². The summed E-state index contributed by atoms with van der Waals surface area (Å²) < 4.78 is 0. The van der Waals surface area contributed by atoms with Gasteiger partial charge in [-0.2, -0.15) is 0 Å². The molecular weight excluding hydrogens is 98.1 g/mol. The zero-order valence-electron chi connectivity index (χ0n) is 5.43. The van der Waals surface area contributed by atoms with Gasteiger partial charge < -0.3 is 4.90 Å². The molecule has 2 atom stereocenters. The Kier molecular flexibility index (Phi) is 0.884. The molecule has 2 rings (SSSR count). The minimum absolute atomic E-state index is 1.12. The molecule has 8 heavy (non-hydrogen) atoms. The van der Waals surface area contributed by atoms with Gasteiger partial charge in [-0.05, 0) is 24.8 Å². The molecule has 46 valence electrons. The third kappa shape index (κ3) is 0.576. The summed E-state index contributed by atoms with van der Waals surface area (Å²) in [6.45, 7) is 6.33. The van der Waals surface area contributed by atoms with Crippen LogP contribution in [0.2, 0.25) is 0 Å². The summed E-state index contributed by atoms with van der Waals surface area (Å²) in [6, 6.07) is 0. The highest BCUT2D eigenvalue weighted by molar-refractivity contribution is 4.96. The molecule has 0 N–H and O–H groups in total. The van der Waals surface area contributed by atoms with Gasteiger partial charge in [-0.1, -0.05) is 6.92 Å². The molecule has 1 aliphatic heterocycles. The average Bonchev–Trinajstić information content (AvgIpc) is 2.40. The van der Waals surface area contributed by atoms with Crippen molar-refractivity contribution in [3.63, 3.8) is 0 Å². The van der Waals surface area contributed by atoms with Crippen LogP contribution in [0.4, 0.5) is 0 Å². The third-order valence-corrected chi connectivity index (χ3v) is 2.50. The fraction of sp³-hybridized carbons (Fsp3) is 1.00. The lowest BCUT2D eigenvalue weighted by atomic mass is 10.4. The number of piperidine rings is 1. The van der Waals surface area contributed by atoms with Crippen LogP contribution < -0.4 is 0 Å². The fourth-order valence-corrected chi connectivity index (χ4v) is 1.75. The Balaban J connectivity index is 1.89. The first-order valence-corrected chi connectivity index (χ1v) is 3.62. The molecule has 0 aromatic carbocycles. The van der Waals surface area contributed by atoms with Crippen molar-refractivity contribution in [2.75, 3.05) is 19.6 Å². The van der Waals surface area contributed by atoms with Gasteiger partial charge in [0, 0.05) is 13.1 Å². The second-order valence-electron chi connectivity index (χ2n) is 3.11. The lowest BCUT2D eigenvalue weighted by Gasteiger charge is -2.12. The van der Waals surface area contributed by atoms with Crippen molar-refractivity contribution in [1.29, 1.82) is 0 Å². The van der Waals surface area contributed by atoms with Crippen LogP contribution in [0.3, 0.4) is 0 Å². The van der Waals surface area contributed by atoms with E-state index in [1.165, 1.54) is 26.1 Å². The zero-order chi connectivity index (χ0) is 5.56. The quantitative estimate of drug-likeness (QED) is 0.487. The van der Waals surface area contributed by atoms with Gasteiger partial charge in [0.05, 0.1) is 0 Å². The smallest absolute Gasteiger partial charge is 0.00129 e. The Hall–Kier alpha value is -0.0400. The first kappa shape index (κ1) is 4.80. The summed E-state index contributed by atoms with van der Waals surface area (Å²) in [6.07, 6.45) is 1.54. The molecule has 0 aromatic heterocycles. The van der Waals surface area contributed by atoms with Gasteiger partial charge in [0.1, 0.15) is 0 Å². The maximum Gasteiger partial charge on any atom is 0.00129 e. The van der Waals surface area contributed by atoms with Gasteiger partial charge in [-0.15, -0.1) is 0 Å². The first-order chi connectivity index (χ1) is 3.90. The van der Waals surface area contributed by atoms with E-state index in [9.17, 15) is 0 Å². The SMILES string of the molecule is CCN1CC2C[C@@H]2C1. The number of nitrogens with zero attached hydrogens (tertiary/aromatic N) is 1. The van der Waals surface area contributed by atoms with E-state index in [1.807, 2.05) is 0 Å². The van der Waals surface area contributed by atoms with Crippen LogP contribution in [0.1, 0.15) is 13.3 Å². The highest BCUT2D eigenvalue weighted by Crippen LogP contribution is 2.44. The van der Waals surface area contributed by atoms with Crippen molar-refractivity contribution in [3.05, 3.63) is 0 Å². The van der Waals surface area contributed by atoms with Crippen LogP contribution in [0.15, 0.2) is 0 Å². The molecule has 0 radical (unpaired) electrons. The number of hydrogen-bond donors (Lipinski definition) is 0. The molecule has 0 aromatic rings. The topological polar surface area (TPSA) is 3.24 Å². The van der Waals surface area contributed by atoms with Crippen molar-refractivity contribution in [3.8, 4) is 0 Å². The van der Waals surface area contributed by atoms with E-state index in [2.05, 4.69) is 11.8 Å². The lowest BCUT2D eigenvalue weighted by Crippen LogP contribution is -2.21. The molecule has 1 saturated carbocycles. The molecule has 1 aliphatic carbocycles. The fourth-order valence-electron chi connectivity index (χ4n) is 1.75. The molecule has 1 nitrogen and oxygen atoms in total. The van der Waals surface area contributed by atoms with Crippen molar-refractivity contribution in [2.24, 2.45) is 11.8 Å². The van der Waals surface area contributed by atoms with Crippen LogP contribution in [0.25, 0.3) is 0 Å². The van der Waals surface area contributed by atoms with Gasteiger partial charge in [0.2, 0.25) is 0 Å². The maximum absolute atomic E-state index is 2.55. The predicted molar refractivity (Wildman–Crippen MR) is 33.7 cm³/mol. The van der Waals surface area contributed by atoms with E-state index < -0.39 is 0 Å². The second-order valence-corrected chi connectivity index (χ2v) is 3.11. The van der Waals surface area contributed by atoms with E-state index in [0.29, 0.717) is 0 Å². The largest absolute Gasteiger partial charge is 0.303 e. The Morgan fingerprint density at radius 1 is 1.38 bits per heavy atom. The number of hydrogen-bond acceptors (Lipinski definition) is 1. The summed E-state index contributed by atoms with van der Waals surface area (Å²) in [5.74, 6) is 2.24. The summed E-state index contributed by atoms with van der Waals surface area (Å²) >= 11 is 0. The summed E-state index contributed by atoms with van der Waals surface area (Å²) in [5.41, 5.74) is 0. The summed E-state index contributed by atoms with van der Waals surface area (Å²) in [5, 5.41) is 0. The molecule has 1 saturated heterocycles. The van der Waals surface area contributed by atoms with Crippen molar-refractivity contribution < 1.29 is 0 Å². The molecular formula is C7H13N. The maximum atomic E-state index is 2.55. The summed E-state index contributed by atoms with van der Waals surface area (Å²) in [7, 11) is 0. The number of likely N-dealkylation sites (tertiary alicyclic amines) is 1. The van der Waals surface area contributed by atoms with E-state index in [0.717, 1.165) is 11.8 Å². The normalized spacial score (nSPS) is 44.6. The minimum Gasteiger partial charge on any atom is -0.303 e. The summed E-state index contributed by atoms with van der Waals surface area (Å²) in [4.78, 5) is 2.55. The Morgan fingerprint density at radius 2 is 2.00 bits per heavy atom. The van der Waals surface area contributed by atoms with Crippen molar-refractivity contribution in [2.45, 2.75) is 13.3 Å². The van der Waals surface area contributed by atoms with Crippen LogP contribution >= 0.6 is 0 Å². The molecule has 0 bridgehead atoms. The zero-order valence-corrected chi connectivity index (χ0v) is 5.43. The van der Waals surface area contributed by atoms with E-state index in [-0.39, 0.29) is 0 Å². The molecule has 1 heteroatoms. The average molecular weight is 111 g/mol. The molecule has 2 fully saturated rings. The molecule has 0 amide bonds. The molecule has 0 spiro atoms. The number of rotatable bonds is 1. The predicted octanol–water partition coefficient (Wildman–Crippen LogP) is 0.958. The van der Waals surface area contributed by atoms with Crippen LogP contribution in [-0.2, 0) is 0 Å². The molecule has 2 aliphatic rings.